The first-order valence-corrected chi connectivity index (χ1v) is 10.7. The molecule has 0 radical (unpaired) electrons. The van der Waals surface area contributed by atoms with Gasteiger partial charge >= 0.3 is 0 Å². The average molecular weight is 388 g/mol. The Morgan fingerprint density at radius 3 is 2.33 bits per heavy atom. The van der Waals surface area contributed by atoms with Gasteiger partial charge in [-0.25, -0.2) is 13.1 Å². The average Bonchev–Trinajstić information content (AvgIpc) is 2.69. The van der Waals surface area contributed by atoms with Crippen molar-refractivity contribution in [3.63, 3.8) is 0 Å². The molecule has 144 valence electrons. The summed E-state index contributed by atoms with van der Waals surface area (Å²) in [4.78, 5) is 15.1. The van der Waals surface area contributed by atoms with Crippen molar-refractivity contribution in [2.24, 2.45) is 0 Å². The molecule has 2 aromatic carbocycles. The Labute approximate surface area is 160 Å². The SMILES string of the molecule is CCNS(=O)(=O)c1ccc(C(=O)Nc2ccccc2N2CCCCC2)cc1. The maximum absolute atomic E-state index is 12.6. The van der Waals surface area contributed by atoms with Crippen molar-refractivity contribution in [2.75, 3.05) is 29.9 Å². The number of hydrogen-bond donors (Lipinski definition) is 2. The number of hydrogen-bond acceptors (Lipinski definition) is 4. The molecule has 6 nitrogen and oxygen atoms in total. The van der Waals surface area contributed by atoms with Gasteiger partial charge in [0.25, 0.3) is 5.91 Å². The van der Waals surface area contributed by atoms with Gasteiger partial charge in [0.15, 0.2) is 0 Å². The topological polar surface area (TPSA) is 78.5 Å². The maximum atomic E-state index is 12.6. The summed E-state index contributed by atoms with van der Waals surface area (Å²) in [7, 11) is -3.52. The maximum Gasteiger partial charge on any atom is 0.255 e. The zero-order chi connectivity index (χ0) is 19.3. The molecule has 0 saturated carbocycles. The van der Waals surface area contributed by atoms with Crippen molar-refractivity contribution >= 4 is 27.3 Å². The minimum Gasteiger partial charge on any atom is -0.370 e. The molecule has 0 aromatic heterocycles. The molecule has 27 heavy (non-hydrogen) atoms. The number of nitrogens with zero attached hydrogens (tertiary/aromatic N) is 1. The quantitative estimate of drug-likeness (QED) is 0.798. The fourth-order valence-corrected chi connectivity index (χ4v) is 4.28. The second kappa shape index (κ2) is 8.54. The van der Waals surface area contributed by atoms with E-state index in [4.69, 9.17) is 0 Å². The molecular weight excluding hydrogens is 362 g/mol. The van der Waals surface area contributed by atoms with Crippen molar-refractivity contribution in [2.45, 2.75) is 31.1 Å². The Kier molecular flexibility index (Phi) is 6.13. The van der Waals surface area contributed by atoms with Crippen LogP contribution < -0.4 is 14.9 Å². The second-order valence-corrected chi connectivity index (χ2v) is 8.31. The number of rotatable bonds is 6. The molecule has 0 bridgehead atoms. The number of carbonyl (C=O) groups is 1. The summed E-state index contributed by atoms with van der Waals surface area (Å²) >= 11 is 0. The molecule has 1 amide bonds. The first kappa shape index (κ1) is 19.4. The number of piperidine rings is 1. The van der Waals surface area contributed by atoms with Crippen LogP contribution in [0.15, 0.2) is 53.4 Å². The molecule has 1 heterocycles. The zero-order valence-electron chi connectivity index (χ0n) is 15.4. The van der Waals surface area contributed by atoms with E-state index in [1.54, 1.807) is 6.92 Å². The van der Waals surface area contributed by atoms with Gasteiger partial charge in [-0.2, -0.15) is 0 Å². The van der Waals surface area contributed by atoms with E-state index >= 15 is 0 Å². The van der Waals surface area contributed by atoms with Gasteiger partial charge in [-0.3, -0.25) is 4.79 Å². The van der Waals surface area contributed by atoms with E-state index in [-0.39, 0.29) is 10.8 Å². The lowest BCUT2D eigenvalue weighted by molar-refractivity contribution is 0.102. The van der Waals surface area contributed by atoms with Crippen LogP contribution in [-0.4, -0.2) is 34.0 Å². The number of para-hydroxylation sites is 2. The van der Waals surface area contributed by atoms with Gasteiger partial charge in [0.05, 0.1) is 16.3 Å². The van der Waals surface area contributed by atoms with E-state index in [9.17, 15) is 13.2 Å². The molecule has 0 spiro atoms. The first-order chi connectivity index (χ1) is 13.0. The number of sulfonamides is 1. The fraction of sp³-hybridized carbons (Fsp3) is 0.350. The van der Waals surface area contributed by atoms with Gasteiger partial charge in [0.2, 0.25) is 10.0 Å². The lowest BCUT2D eigenvalue weighted by Crippen LogP contribution is -2.30. The summed E-state index contributed by atoms with van der Waals surface area (Å²) in [6, 6.07) is 13.7. The van der Waals surface area contributed by atoms with E-state index in [2.05, 4.69) is 14.9 Å². The van der Waals surface area contributed by atoms with Crippen LogP contribution in [0, 0.1) is 0 Å². The van der Waals surface area contributed by atoms with Crippen molar-refractivity contribution in [3.05, 3.63) is 54.1 Å². The number of anilines is 2. The van der Waals surface area contributed by atoms with Crippen LogP contribution in [-0.2, 0) is 10.0 Å². The van der Waals surface area contributed by atoms with E-state index in [0.717, 1.165) is 37.3 Å². The molecule has 0 atom stereocenters. The van der Waals surface area contributed by atoms with Crippen LogP contribution in [0.3, 0.4) is 0 Å². The molecule has 2 aromatic rings. The van der Waals surface area contributed by atoms with Crippen LogP contribution in [0.4, 0.5) is 11.4 Å². The monoisotopic (exact) mass is 387 g/mol. The molecule has 1 fully saturated rings. The summed E-state index contributed by atoms with van der Waals surface area (Å²) in [6.07, 6.45) is 3.56. The lowest BCUT2D eigenvalue weighted by atomic mass is 10.1. The summed E-state index contributed by atoms with van der Waals surface area (Å²) in [5.41, 5.74) is 2.21. The Bertz CT molecular complexity index is 889. The highest BCUT2D eigenvalue weighted by atomic mass is 32.2. The van der Waals surface area contributed by atoms with E-state index in [0.29, 0.717) is 12.1 Å². The second-order valence-electron chi connectivity index (χ2n) is 6.54. The van der Waals surface area contributed by atoms with E-state index in [1.807, 2.05) is 24.3 Å². The Balaban J connectivity index is 1.76. The third-order valence-electron chi connectivity index (χ3n) is 4.61. The van der Waals surface area contributed by atoms with Gasteiger partial charge < -0.3 is 10.2 Å². The minimum absolute atomic E-state index is 0.148. The summed E-state index contributed by atoms with van der Waals surface area (Å²) in [5.74, 6) is -0.258. The van der Waals surface area contributed by atoms with Crippen LogP contribution in [0.2, 0.25) is 0 Å². The standard InChI is InChI=1S/C20H25N3O3S/c1-2-21-27(25,26)17-12-10-16(11-13-17)20(24)22-18-8-4-5-9-19(18)23-14-6-3-7-15-23/h4-5,8-13,21H,2-3,6-7,14-15H2,1H3,(H,22,24). The van der Waals surface area contributed by atoms with E-state index < -0.39 is 10.0 Å². The molecule has 7 heteroatoms. The number of benzene rings is 2. The predicted molar refractivity (Wildman–Crippen MR) is 108 cm³/mol. The number of amides is 1. The Morgan fingerprint density at radius 1 is 1.00 bits per heavy atom. The zero-order valence-corrected chi connectivity index (χ0v) is 16.3. The van der Waals surface area contributed by atoms with E-state index in [1.165, 1.54) is 30.7 Å². The van der Waals surface area contributed by atoms with Gasteiger partial charge in [0.1, 0.15) is 0 Å². The normalized spacial score (nSPS) is 14.8. The van der Waals surface area contributed by atoms with Gasteiger partial charge in [-0.05, 0) is 55.7 Å². The molecule has 0 aliphatic carbocycles. The Morgan fingerprint density at radius 2 is 1.67 bits per heavy atom. The summed E-state index contributed by atoms with van der Waals surface area (Å²) < 4.78 is 26.5. The van der Waals surface area contributed by atoms with Crippen molar-refractivity contribution in [3.8, 4) is 0 Å². The predicted octanol–water partition coefficient (Wildman–Crippen LogP) is 3.23. The molecule has 3 rings (SSSR count). The molecule has 1 aliphatic heterocycles. The van der Waals surface area contributed by atoms with Crippen molar-refractivity contribution in [1.82, 2.24) is 4.72 Å². The highest BCUT2D eigenvalue weighted by Gasteiger charge is 2.17. The molecule has 0 unspecified atom stereocenters. The largest absolute Gasteiger partial charge is 0.370 e. The molecular formula is C20H25N3O3S. The number of nitrogens with one attached hydrogen (secondary N) is 2. The summed E-state index contributed by atoms with van der Waals surface area (Å²) in [5, 5.41) is 2.96. The highest BCUT2D eigenvalue weighted by Crippen LogP contribution is 2.28. The van der Waals surface area contributed by atoms with Gasteiger partial charge in [0, 0.05) is 25.2 Å². The fourth-order valence-electron chi connectivity index (χ4n) is 3.24. The summed E-state index contributed by atoms with van der Waals surface area (Å²) in [6.45, 7) is 4.02. The first-order valence-electron chi connectivity index (χ1n) is 9.26. The van der Waals surface area contributed by atoms with Crippen LogP contribution in [0.5, 0.6) is 0 Å². The minimum atomic E-state index is -3.52. The van der Waals surface area contributed by atoms with Gasteiger partial charge in [-0.15, -0.1) is 0 Å². The van der Waals surface area contributed by atoms with Gasteiger partial charge in [-0.1, -0.05) is 19.1 Å². The number of carbonyl (C=O) groups excluding carboxylic acids is 1. The van der Waals surface area contributed by atoms with Crippen LogP contribution in [0.1, 0.15) is 36.5 Å². The third kappa shape index (κ3) is 4.67. The van der Waals surface area contributed by atoms with Crippen LogP contribution in [0.25, 0.3) is 0 Å². The van der Waals surface area contributed by atoms with Crippen molar-refractivity contribution < 1.29 is 13.2 Å². The van der Waals surface area contributed by atoms with Crippen molar-refractivity contribution in [1.29, 1.82) is 0 Å². The smallest absolute Gasteiger partial charge is 0.255 e. The Hall–Kier alpha value is -2.38. The lowest BCUT2D eigenvalue weighted by Gasteiger charge is -2.30. The molecule has 1 aliphatic rings. The molecule has 2 N–H and O–H groups in total. The third-order valence-corrected chi connectivity index (χ3v) is 6.17. The van der Waals surface area contributed by atoms with Crippen LogP contribution >= 0.6 is 0 Å². The highest BCUT2D eigenvalue weighted by molar-refractivity contribution is 7.89. The molecule has 1 saturated heterocycles.